The number of para-hydroxylation sites is 1. The van der Waals surface area contributed by atoms with Crippen LogP contribution in [0, 0.1) is 23.2 Å². The summed E-state index contributed by atoms with van der Waals surface area (Å²) in [5, 5.41) is 9.28. The van der Waals surface area contributed by atoms with Crippen LogP contribution in [0.5, 0.6) is 0 Å². The van der Waals surface area contributed by atoms with Gasteiger partial charge in [-0.25, -0.2) is 0 Å². The second kappa shape index (κ2) is 14.1. The lowest BCUT2D eigenvalue weighted by molar-refractivity contribution is -0.141. The normalized spacial score (nSPS) is 19.5. The van der Waals surface area contributed by atoms with Gasteiger partial charge in [0, 0.05) is 42.2 Å². The van der Waals surface area contributed by atoms with E-state index in [1.54, 1.807) is 6.07 Å². The molecule has 2 aliphatic rings. The Morgan fingerprint density at radius 1 is 0.976 bits per heavy atom. The zero-order valence-corrected chi connectivity index (χ0v) is 25.2. The number of H-pyrrole nitrogens is 1. The van der Waals surface area contributed by atoms with Crippen molar-refractivity contribution in [2.75, 3.05) is 13.1 Å². The first-order valence-corrected chi connectivity index (χ1v) is 15.5. The number of rotatable bonds is 12. The average Bonchev–Trinajstić information content (AvgIpc) is 3.41. The van der Waals surface area contributed by atoms with Gasteiger partial charge in [-0.15, -0.1) is 0 Å². The number of carbonyl (C=O) groups excluding carboxylic acids is 5. The van der Waals surface area contributed by atoms with E-state index in [1.807, 2.05) is 45.0 Å². The van der Waals surface area contributed by atoms with E-state index >= 15 is 0 Å². The van der Waals surface area contributed by atoms with E-state index in [-0.39, 0.29) is 29.9 Å². The summed E-state index contributed by atoms with van der Waals surface area (Å²) in [4.78, 5) is 69.3. The summed E-state index contributed by atoms with van der Waals surface area (Å²) in [6.45, 7) is 6.72. The highest BCUT2D eigenvalue weighted by Gasteiger charge is 2.36. The molecule has 9 heteroatoms. The van der Waals surface area contributed by atoms with Crippen LogP contribution >= 0.6 is 0 Å². The number of carbonyl (C=O) groups is 5. The van der Waals surface area contributed by atoms with Crippen LogP contribution < -0.4 is 16.0 Å². The van der Waals surface area contributed by atoms with Crippen LogP contribution in [0.2, 0.25) is 0 Å². The topological polar surface area (TPSA) is 137 Å². The molecule has 2 aromatic rings. The maximum atomic E-state index is 13.9. The minimum Gasteiger partial charge on any atom is -0.356 e. The Balaban J connectivity index is 1.53. The molecular formula is C33H46N4O5. The lowest BCUT2D eigenvalue weighted by Gasteiger charge is -2.29. The standard InChI is InChI=1S/C33H46N4O5/c1-33(2,3)20-35-32(42)29(39)27(18-23-13-9-15-34-30(23)40)37-31(41)24(16-21-10-5-4-6-11-21)19-28(38)26-17-22-12-7-8-14-25(22)36-26/h7-8,12,14,17,21,23-24,27,36H,4-6,9-11,13,15-16,18-20H2,1-3H3,(H,34,40)(H,35,42)(H,37,41)/t23-,24+,27-/m0/s1. The molecule has 4 N–H and O–H groups in total. The van der Waals surface area contributed by atoms with Crippen LogP contribution in [0.25, 0.3) is 10.9 Å². The first kappa shape index (κ1) is 31.4. The number of fused-ring (bicyclic) bond motifs is 1. The van der Waals surface area contributed by atoms with Crippen molar-refractivity contribution in [3.05, 3.63) is 36.0 Å². The molecule has 1 aromatic heterocycles. The summed E-state index contributed by atoms with van der Waals surface area (Å²) >= 11 is 0. The molecular weight excluding hydrogens is 532 g/mol. The van der Waals surface area contributed by atoms with Crippen LogP contribution in [0.15, 0.2) is 30.3 Å². The van der Waals surface area contributed by atoms with E-state index in [9.17, 15) is 24.0 Å². The number of benzene rings is 1. The van der Waals surface area contributed by atoms with Gasteiger partial charge in [-0.2, -0.15) is 0 Å². The van der Waals surface area contributed by atoms with E-state index in [0.29, 0.717) is 37.5 Å². The van der Waals surface area contributed by atoms with Crippen molar-refractivity contribution in [3.8, 4) is 0 Å². The highest BCUT2D eigenvalue weighted by molar-refractivity contribution is 6.38. The Labute approximate surface area is 248 Å². The third-order valence-electron chi connectivity index (χ3n) is 8.53. The molecule has 1 aromatic carbocycles. The molecule has 42 heavy (non-hydrogen) atoms. The molecule has 1 saturated carbocycles. The molecule has 1 saturated heterocycles. The van der Waals surface area contributed by atoms with E-state index in [4.69, 9.17) is 0 Å². The number of Topliss-reactive ketones (excluding diaryl/α,β-unsaturated/α-hetero) is 2. The van der Waals surface area contributed by atoms with E-state index < -0.39 is 35.5 Å². The van der Waals surface area contributed by atoms with E-state index in [1.165, 1.54) is 6.42 Å². The summed E-state index contributed by atoms with van der Waals surface area (Å²) in [7, 11) is 0. The number of nitrogens with one attached hydrogen (secondary N) is 4. The second-order valence-corrected chi connectivity index (χ2v) is 13.4. The van der Waals surface area contributed by atoms with E-state index in [2.05, 4.69) is 20.9 Å². The third kappa shape index (κ3) is 8.76. The van der Waals surface area contributed by atoms with Crippen LogP contribution in [0.3, 0.4) is 0 Å². The van der Waals surface area contributed by atoms with Crippen molar-refractivity contribution in [1.29, 1.82) is 0 Å². The van der Waals surface area contributed by atoms with Gasteiger partial charge >= 0.3 is 0 Å². The number of amides is 3. The first-order chi connectivity index (χ1) is 20.0. The van der Waals surface area contributed by atoms with Crippen LogP contribution in [-0.2, 0) is 19.2 Å². The molecule has 4 rings (SSSR count). The van der Waals surface area contributed by atoms with Gasteiger partial charge in [-0.05, 0) is 49.1 Å². The lowest BCUT2D eigenvalue weighted by Crippen LogP contribution is -2.52. The SMILES string of the molecule is CC(C)(C)CNC(=O)C(=O)[C@H](C[C@@H]1CCCNC1=O)NC(=O)[C@@H](CC(=O)c1cc2ccccc2[nH]1)CC1CCCCC1. The lowest BCUT2D eigenvalue weighted by atomic mass is 9.80. The fourth-order valence-corrected chi connectivity index (χ4v) is 6.12. The van der Waals surface area contributed by atoms with Gasteiger partial charge in [0.2, 0.25) is 17.6 Å². The summed E-state index contributed by atoms with van der Waals surface area (Å²) in [5.41, 5.74) is 1.07. The molecule has 1 aliphatic carbocycles. The number of aromatic nitrogens is 1. The fourth-order valence-electron chi connectivity index (χ4n) is 6.12. The predicted octanol–water partition coefficient (Wildman–Crippen LogP) is 4.46. The average molecular weight is 579 g/mol. The number of hydrogen-bond acceptors (Lipinski definition) is 5. The smallest absolute Gasteiger partial charge is 0.289 e. The van der Waals surface area contributed by atoms with Gasteiger partial charge in [0.1, 0.15) is 0 Å². The van der Waals surface area contributed by atoms with Crippen LogP contribution in [0.4, 0.5) is 0 Å². The van der Waals surface area contributed by atoms with Crippen molar-refractivity contribution in [1.82, 2.24) is 20.9 Å². The van der Waals surface area contributed by atoms with Crippen molar-refractivity contribution >= 4 is 40.2 Å². The van der Waals surface area contributed by atoms with Gasteiger partial charge in [0.15, 0.2) is 5.78 Å². The summed E-state index contributed by atoms with van der Waals surface area (Å²) in [6.07, 6.45) is 7.31. The molecule has 2 heterocycles. The highest BCUT2D eigenvalue weighted by atomic mass is 16.2. The highest BCUT2D eigenvalue weighted by Crippen LogP contribution is 2.31. The Morgan fingerprint density at radius 3 is 2.40 bits per heavy atom. The van der Waals surface area contributed by atoms with E-state index in [0.717, 1.165) is 43.0 Å². The predicted molar refractivity (Wildman–Crippen MR) is 162 cm³/mol. The summed E-state index contributed by atoms with van der Waals surface area (Å²) in [6, 6.07) is 8.29. The maximum absolute atomic E-state index is 13.9. The molecule has 1 aliphatic heterocycles. The quantitative estimate of drug-likeness (QED) is 0.218. The van der Waals surface area contributed by atoms with Crippen molar-refractivity contribution in [3.63, 3.8) is 0 Å². The minimum absolute atomic E-state index is 0.00377. The molecule has 0 bridgehead atoms. The van der Waals surface area contributed by atoms with Gasteiger partial charge in [-0.3, -0.25) is 24.0 Å². The van der Waals surface area contributed by atoms with Gasteiger partial charge in [0.05, 0.1) is 11.7 Å². The molecule has 3 atom stereocenters. The largest absolute Gasteiger partial charge is 0.356 e. The number of hydrogen-bond donors (Lipinski definition) is 4. The van der Waals surface area contributed by atoms with Crippen LogP contribution in [0.1, 0.15) is 95.5 Å². The minimum atomic E-state index is -1.15. The number of piperidine rings is 1. The monoisotopic (exact) mass is 578 g/mol. The molecule has 0 radical (unpaired) electrons. The number of ketones is 2. The zero-order valence-electron chi connectivity index (χ0n) is 25.2. The third-order valence-corrected chi connectivity index (χ3v) is 8.53. The zero-order chi connectivity index (χ0) is 30.3. The first-order valence-electron chi connectivity index (χ1n) is 15.5. The maximum Gasteiger partial charge on any atom is 0.289 e. The molecule has 3 amide bonds. The van der Waals surface area contributed by atoms with Gasteiger partial charge in [0.25, 0.3) is 5.91 Å². The molecule has 228 valence electrons. The van der Waals surface area contributed by atoms with Crippen molar-refractivity contribution in [2.24, 2.45) is 23.2 Å². The molecule has 0 unspecified atom stereocenters. The number of aromatic amines is 1. The Bertz CT molecular complexity index is 1250. The van der Waals surface area contributed by atoms with Crippen molar-refractivity contribution < 1.29 is 24.0 Å². The Kier molecular flexibility index (Phi) is 10.6. The summed E-state index contributed by atoms with van der Waals surface area (Å²) in [5.74, 6) is -3.10. The second-order valence-electron chi connectivity index (χ2n) is 13.4. The molecule has 9 nitrogen and oxygen atoms in total. The molecule has 0 spiro atoms. The Morgan fingerprint density at radius 2 is 1.71 bits per heavy atom. The fraction of sp³-hybridized carbons (Fsp3) is 0.606. The van der Waals surface area contributed by atoms with Crippen molar-refractivity contribution in [2.45, 2.75) is 91.0 Å². The Hall–Kier alpha value is -3.49. The van der Waals surface area contributed by atoms with Crippen LogP contribution in [-0.4, -0.2) is 53.4 Å². The van der Waals surface area contributed by atoms with Gasteiger partial charge < -0.3 is 20.9 Å². The molecule has 2 fully saturated rings. The summed E-state index contributed by atoms with van der Waals surface area (Å²) < 4.78 is 0. The van der Waals surface area contributed by atoms with Gasteiger partial charge in [-0.1, -0.05) is 71.1 Å².